The van der Waals surface area contributed by atoms with Gasteiger partial charge in [0, 0.05) is 6.42 Å². The Bertz CT molecular complexity index is 538. The molecule has 21 heavy (non-hydrogen) atoms. The smallest absolute Gasteiger partial charge is 0.126 e. The van der Waals surface area contributed by atoms with E-state index in [0.717, 1.165) is 31.1 Å². The Labute approximate surface area is 126 Å². The second-order valence-electron chi connectivity index (χ2n) is 8.45. The molecule has 0 heterocycles. The van der Waals surface area contributed by atoms with Gasteiger partial charge in [-0.25, -0.2) is 4.39 Å². The zero-order valence-electron chi connectivity index (χ0n) is 12.8. The lowest BCUT2D eigenvalue weighted by Crippen LogP contribution is -2.55. The fourth-order valence-corrected chi connectivity index (χ4v) is 6.28. The van der Waals surface area contributed by atoms with Crippen LogP contribution in [0.4, 0.5) is 4.39 Å². The maximum Gasteiger partial charge on any atom is 0.126 e. The number of aliphatic hydroxyl groups is 1. The SMILES string of the molecule is CC12CC3CC(C1)CC(C(O)Cc1ccccc1F)(C3)C2. The zero-order valence-corrected chi connectivity index (χ0v) is 12.8. The molecule has 1 N–H and O–H groups in total. The zero-order chi connectivity index (χ0) is 14.7. The Morgan fingerprint density at radius 1 is 1.19 bits per heavy atom. The Kier molecular flexibility index (Phi) is 2.98. The van der Waals surface area contributed by atoms with Crippen LogP contribution >= 0.6 is 0 Å². The van der Waals surface area contributed by atoms with Gasteiger partial charge in [-0.2, -0.15) is 0 Å². The van der Waals surface area contributed by atoms with Crippen molar-refractivity contribution in [1.82, 2.24) is 0 Å². The van der Waals surface area contributed by atoms with Crippen molar-refractivity contribution in [3.8, 4) is 0 Å². The van der Waals surface area contributed by atoms with Crippen molar-refractivity contribution in [2.75, 3.05) is 0 Å². The van der Waals surface area contributed by atoms with Gasteiger partial charge in [-0.1, -0.05) is 25.1 Å². The number of rotatable bonds is 3. The molecule has 4 bridgehead atoms. The summed E-state index contributed by atoms with van der Waals surface area (Å²) in [6.07, 6.45) is 7.60. The van der Waals surface area contributed by atoms with Crippen molar-refractivity contribution < 1.29 is 9.50 Å². The standard InChI is InChI=1S/C19H25FO/c1-18-8-13-6-14(9-18)11-19(10-13,12-18)17(21)7-15-4-2-3-5-16(15)20/h2-5,13-14,17,21H,6-12H2,1H3. The third-order valence-electron chi connectivity index (χ3n) is 6.48. The highest BCUT2D eigenvalue weighted by atomic mass is 19.1. The molecule has 114 valence electrons. The number of hydrogen-bond donors (Lipinski definition) is 1. The molecule has 0 aliphatic heterocycles. The van der Waals surface area contributed by atoms with Gasteiger partial charge < -0.3 is 5.11 Å². The summed E-state index contributed by atoms with van der Waals surface area (Å²) < 4.78 is 13.9. The van der Waals surface area contributed by atoms with Crippen LogP contribution in [0.1, 0.15) is 51.0 Å². The van der Waals surface area contributed by atoms with Crippen molar-refractivity contribution >= 4 is 0 Å². The Balaban J connectivity index is 1.59. The minimum atomic E-state index is -0.389. The highest BCUT2D eigenvalue weighted by Gasteiger charge is 2.58. The number of hydrogen-bond acceptors (Lipinski definition) is 1. The maximum absolute atomic E-state index is 13.9. The molecule has 0 aromatic heterocycles. The third kappa shape index (κ3) is 2.23. The highest BCUT2D eigenvalue weighted by molar-refractivity contribution is 5.20. The molecule has 1 aromatic rings. The average Bonchev–Trinajstić information content (AvgIpc) is 2.38. The van der Waals surface area contributed by atoms with Crippen molar-refractivity contribution in [1.29, 1.82) is 0 Å². The fourth-order valence-electron chi connectivity index (χ4n) is 6.28. The first kappa shape index (κ1) is 13.8. The molecule has 4 fully saturated rings. The number of aliphatic hydroxyl groups excluding tert-OH is 1. The van der Waals surface area contributed by atoms with Gasteiger partial charge in [0.05, 0.1) is 6.10 Å². The minimum absolute atomic E-state index is 0.0567. The van der Waals surface area contributed by atoms with E-state index >= 15 is 0 Å². The van der Waals surface area contributed by atoms with Crippen LogP contribution in [0.25, 0.3) is 0 Å². The summed E-state index contributed by atoms with van der Waals surface area (Å²) >= 11 is 0. The normalized spacial score (nSPS) is 42.2. The summed E-state index contributed by atoms with van der Waals surface area (Å²) in [5, 5.41) is 10.9. The maximum atomic E-state index is 13.9. The summed E-state index contributed by atoms with van der Waals surface area (Å²) in [6.45, 7) is 2.41. The van der Waals surface area contributed by atoms with E-state index in [9.17, 15) is 9.50 Å². The first-order valence-corrected chi connectivity index (χ1v) is 8.40. The molecule has 2 heteroatoms. The van der Waals surface area contributed by atoms with E-state index in [2.05, 4.69) is 6.92 Å². The molecule has 0 amide bonds. The molecule has 0 saturated heterocycles. The summed E-state index contributed by atoms with van der Waals surface area (Å²) in [4.78, 5) is 0. The molecular weight excluding hydrogens is 263 g/mol. The molecule has 1 aromatic carbocycles. The van der Waals surface area contributed by atoms with Gasteiger partial charge in [0.15, 0.2) is 0 Å². The van der Waals surface area contributed by atoms with E-state index in [1.165, 1.54) is 25.3 Å². The molecule has 1 nitrogen and oxygen atoms in total. The molecule has 4 saturated carbocycles. The first-order valence-electron chi connectivity index (χ1n) is 8.40. The predicted molar refractivity (Wildman–Crippen MR) is 81.3 cm³/mol. The van der Waals surface area contributed by atoms with Crippen LogP contribution in [0.3, 0.4) is 0 Å². The quantitative estimate of drug-likeness (QED) is 0.877. The Hall–Kier alpha value is -0.890. The van der Waals surface area contributed by atoms with E-state index in [1.807, 2.05) is 12.1 Å². The molecule has 0 radical (unpaired) electrons. The molecule has 3 atom stereocenters. The highest BCUT2D eigenvalue weighted by Crippen LogP contribution is 2.66. The molecule has 4 aliphatic rings. The minimum Gasteiger partial charge on any atom is -0.392 e. The lowest BCUT2D eigenvalue weighted by atomic mass is 9.43. The van der Waals surface area contributed by atoms with Crippen molar-refractivity contribution in [2.45, 2.75) is 58.0 Å². The van der Waals surface area contributed by atoms with Crippen molar-refractivity contribution in [2.24, 2.45) is 22.7 Å². The van der Waals surface area contributed by atoms with Crippen molar-refractivity contribution in [3.63, 3.8) is 0 Å². The average molecular weight is 288 g/mol. The largest absolute Gasteiger partial charge is 0.392 e. The lowest BCUT2D eigenvalue weighted by molar-refractivity contribution is -0.152. The summed E-state index contributed by atoms with van der Waals surface area (Å²) in [5.41, 5.74) is 1.16. The van der Waals surface area contributed by atoms with Crippen LogP contribution in [0.2, 0.25) is 0 Å². The summed E-state index contributed by atoms with van der Waals surface area (Å²) in [5.74, 6) is 1.42. The molecule has 4 aliphatic carbocycles. The van der Waals surface area contributed by atoms with Gasteiger partial charge in [-0.05, 0) is 72.8 Å². The van der Waals surface area contributed by atoms with Crippen LogP contribution in [0.15, 0.2) is 24.3 Å². The van der Waals surface area contributed by atoms with Crippen LogP contribution < -0.4 is 0 Å². The second kappa shape index (κ2) is 4.55. The lowest BCUT2D eigenvalue weighted by Gasteiger charge is -2.62. The van der Waals surface area contributed by atoms with Gasteiger partial charge >= 0.3 is 0 Å². The fraction of sp³-hybridized carbons (Fsp3) is 0.684. The number of halogens is 1. The van der Waals surface area contributed by atoms with Crippen LogP contribution in [-0.4, -0.2) is 11.2 Å². The van der Waals surface area contributed by atoms with Gasteiger partial charge in [0.1, 0.15) is 5.82 Å². The summed E-state index contributed by atoms with van der Waals surface area (Å²) in [7, 11) is 0. The third-order valence-corrected chi connectivity index (χ3v) is 6.48. The Morgan fingerprint density at radius 2 is 1.86 bits per heavy atom. The summed E-state index contributed by atoms with van der Waals surface area (Å²) in [6, 6.07) is 6.91. The molecular formula is C19H25FO. The van der Waals surface area contributed by atoms with Gasteiger partial charge in [-0.3, -0.25) is 0 Å². The van der Waals surface area contributed by atoms with Gasteiger partial charge in [-0.15, -0.1) is 0 Å². The van der Waals surface area contributed by atoms with Gasteiger partial charge in [0.25, 0.3) is 0 Å². The van der Waals surface area contributed by atoms with E-state index in [0.29, 0.717) is 17.4 Å². The van der Waals surface area contributed by atoms with Crippen LogP contribution in [0.5, 0.6) is 0 Å². The van der Waals surface area contributed by atoms with Crippen LogP contribution in [-0.2, 0) is 6.42 Å². The van der Waals surface area contributed by atoms with E-state index in [1.54, 1.807) is 6.07 Å². The topological polar surface area (TPSA) is 20.2 Å². The predicted octanol–water partition coefficient (Wildman–Crippen LogP) is 4.34. The van der Waals surface area contributed by atoms with Crippen molar-refractivity contribution in [3.05, 3.63) is 35.6 Å². The second-order valence-corrected chi connectivity index (χ2v) is 8.45. The van der Waals surface area contributed by atoms with E-state index in [4.69, 9.17) is 0 Å². The molecule has 5 rings (SSSR count). The van der Waals surface area contributed by atoms with E-state index < -0.39 is 0 Å². The first-order chi connectivity index (χ1) is 9.98. The molecule has 0 spiro atoms. The van der Waals surface area contributed by atoms with E-state index in [-0.39, 0.29) is 17.3 Å². The number of benzene rings is 1. The van der Waals surface area contributed by atoms with Gasteiger partial charge in [0.2, 0.25) is 0 Å². The monoisotopic (exact) mass is 288 g/mol. The van der Waals surface area contributed by atoms with Crippen LogP contribution in [0, 0.1) is 28.5 Å². The molecule has 3 unspecified atom stereocenters. The Morgan fingerprint density at radius 3 is 2.48 bits per heavy atom.